The van der Waals surface area contributed by atoms with E-state index < -0.39 is 103 Å². The van der Waals surface area contributed by atoms with Gasteiger partial charge in [0.05, 0.1) is 10.8 Å². The van der Waals surface area contributed by atoms with Gasteiger partial charge in [-0.15, -0.1) is 51.4 Å². The number of carboxylic acid groups (broad SMARTS) is 3. The molecule has 0 aliphatic heterocycles. The van der Waals surface area contributed by atoms with Crippen LogP contribution in [0.5, 0.6) is 0 Å². The summed E-state index contributed by atoms with van der Waals surface area (Å²) in [6.07, 6.45) is 23.5. The first-order valence-electron chi connectivity index (χ1n) is 23.8. The summed E-state index contributed by atoms with van der Waals surface area (Å²) in [6, 6.07) is 0. The van der Waals surface area contributed by atoms with Crippen LogP contribution in [-0.2, 0) is 33.6 Å². The second kappa shape index (κ2) is 33.4. The highest BCUT2D eigenvalue weighted by Gasteiger charge is 2.63. The summed E-state index contributed by atoms with van der Waals surface area (Å²) in [5, 5.41) is 25.2. The SMILES string of the molecule is C#CC(C#C)(C(=O)C(F)(F)F)C(C)(C)C.C#CC(C#C)(C(=O)C(F)(F)F)C(C)(C)C(=O)NS.C#CC(C#C)(C(=O)C(F)(F)F)C(C)(C)C(=O)O.C#CC(N)(C#C)C(=O)O.CC(C)(C)C(C)(C)C.CC(C)(C)C(C)(C)N.CC(C)(N)C(=O)O.CN. The van der Waals surface area contributed by atoms with Crippen molar-refractivity contribution in [3.05, 3.63) is 0 Å². The Kier molecular flexibility index (Phi) is 37.1. The predicted octanol–water partition coefficient (Wildman–Crippen LogP) is 8.52. The van der Waals surface area contributed by atoms with Crippen LogP contribution in [0.2, 0.25) is 0 Å². The molecule has 0 aromatic carbocycles. The van der Waals surface area contributed by atoms with Crippen molar-refractivity contribution in [2.24, 2.45) is 71.7 Å². The van der Waals surface area contributed by atoms with Gasteiger partial charge in [-0.05, 0) is 84.1 Å². The largest absolute Gasteiger partial charge is 0.481 e. The molecule has 0 atom stereocenters. The van der Waals surface area contributed by atoms with Gasteiger partial charge in [-0.1, -0.05) is 143 Å². The molecule has 0 rings (SSSR count). The van der Waals surface area contributed by atoms with Crippen molar-refractivity contribution in [3.63, 3.8) is 0 Å². The van der Waals surface area contributed by atoms with Crippen molar-refractivity contribution in [3.8, 4) is 98.8 Å². The molecule has 0 aliphatic carbocycles. The Morgan fingerprint density at radius 3 is 0.655 bits per heavy atom. The Bertz CT molecular complexity index is 2520. The number of amides is 1. The lowest BCUT2D eigenvalue weighted by Gasteiger charge is -2.36. The lowest BCUT2D eigenvalue weighted by atomic mass is 9.63. The predicted molar refractivity (Wildman–Crippen MR) is 310 cm³/mol. The van der Waals surface area contributed by atoms with Crippen LogP contribution in [0, 0.1) is 147 Å². The topological polar surface area (TPSA) is 296 Å². The number of carbonyl (C=O) groups is 7. The molecule has 0 saturated heterocycles. The van der Waals surface area contributed by atoms with Crippen LogP contribution >= 0.6 is 12.8 Å². The number of thiol groups is 1. The standard InChI is InChI=1S/C11H10F3NO2S.C11H9F3O3.C11H11F3O.C8H18.C7H17N.C6H5NO2.C4H9NO2.CH5N/c1-5-10(6-2,7(16)11(12,13)14)9(3,4)8(17)15-18;1-5-10(6-2,7(15)11(12,13)14)9(3,4)8(16)17;1-6-10(7-2,9(3,4)5)8(15)11(12,13)14;1-7(2,3)8(4,5)6;1-6(2,3)7(4,5)8;1-3-6(7,4-2)5(8)9;1-4(2,5)3(6)7;1-2/h1-2,18H,3-4H3,(H,15,17);1-2H,3-4H3,(H,16,17);1-2H,3-5H3;1-6H3;8H2,1-5H3;1-2H,7H2,(H,8,9);5H2,1-2H3,(H,6,7);2H2,1H3. The third-order valence-corrected chi connectivity index (χ3v) is 13.0. The fraction of sp³-hybridized carbons (Fsp3) is 0.610. The van der Waals surface area contributed by atoms with Gasteiger partial charge in [0.2, 0.25) is 11.4 Å². The fourth-order valence-corrected chi connectivity index (χ4v) is 4.13. The van der Waals surface area contributed by atoms with Crippen molar-refractivity contribution < 1.29 is 88.4 Å². The molecular weight excluding hydrogens is 1140 g/mol. The number of Topliss-reactive ketones (excluding diaryl/α,β-unsaturated/α-hetero) is 3. The normalized spacial score (nSPS) is 12.1. The Balaban J connectivity index is -0.000000137. The zero-order chi connectivity index (χ0) is 70.9. The number of alkyl halides is 9. The Labute approximate surface area is 496 Å². The number of hydrogen-bond donors (Lipinski definition) is 9. The lowest BCUT2D eigenvalue weighted by molar-refractivity contribution is -0.184. The van der Waals surface area contributed by atoms with E-state index in [-0.39, 0.29) is 11.0 Å². The lowest BCUT2D eigenvalue weighted by Crippen LogP contribution is -2.54. The number of aliphatic carboxylic acids is 3. The van der Waals surface area contributed by atoms with E-state index in [0.29, 0.717) is 10.8 Å². The number of nitrogens with two attached hydrogens (primary N) is 4. The molecule has 0 bridgehead atoms. The molecule has 0 spiro atoms. The van der Waals surface area contributed by atoms with Crippen LogP contribution in [0.1, 0.15) is 138 Å². The van der Waals surface area contributed by atoms with Gasteiger partial charge in [0.1, 0.15) is 5.54 Å². The van der Waals surface area contributed by atoms with Crippen molar-refractivity contribution in [1.82, 2.24) is 4.72 Å². The van der Waals surface area contributed by atoms with Gasteiger partial charge < -0.3 is 37.2 Å². The molecule has 0 saturated carbocycles. The quantitative estimate of drug-likeness (QED) is 0.0594. The first kappa shape index (κ1) is 93.3. The van der Waals surface area contributed by atoms with Crippen LogP contribution in [0.15, 0.2) is 0 Å². The number of ketones is 3. The molecule has 15 nitrogen and oxygen atoms in total. The Morgan fingerprint density at radius 2 is 0.571 bits per heavy atom. The van der Waals surface area contributed by atoms with E-state index in [1.807, 2.05) is 18.6 Å². The zero-order valence-electron chi connectivity index (χ0n) is 51.5. The maximum Gasteiger partial charge on any atom is 0.452 e. The van der Waals surface area contributed by atoms with E-state index in [1.54, 1.807) is 35.5 Å². The monoisotopic (exact) mass is 1230 g/mol. The van der Waals surface area contributed by atoms with Crippen LogP contribution < -0.4 is 27.7 Å². The van der Waals surface area contributed by atoms with Crippen LogP contribution in [0.25, 0.3) is 0 Å². The minimum absolute atomic E-state index is 0.0625. The molecule has 84 heavy (non-hydrogen) atoms. The Morgan fingerprint density at radius 1 is 0.369 bits per heavy atom. The second-order valence-electron chi connectivity index (χ2n) is 23.7. The number of carboxylic acids is 3. The van der Waals surface area contributed by atoms with Gasteiger partial charge in [-0.2, -0.15) is 39.5 Å². The summed E-state index contributed by atoms with van der Waals surface area (Å²) in [7, 11) is 1.50. The van der Waals surface area contributed by atoms with Crippen molar-refractivity contribution in [2.45, 2.75) is 174 Å². The molecule has 0 heterocycles. The van der Waals surface area contributed by atoms with Crippen LogP contribution in [0.3, 0.4) is 0 Å². The van der Waals surface area contributed by atoms with E-state index >= 15 is 0 Å². The Hall–Kier alpha value is -7.07. The summed E-state index contributed by atoms with van der Waals surface area (Å²) in [6.45, 7) is 35.1. The average Bonchev–Trinajstić information content (AvgIpc) is 3.31. The first-order valence-corrected chi connectivity index (χ1v) is 24.2. The van der Waals surface area contributed by atoms with Gasteiger partial charge in [0.15, 0.2) is 16.2 Å². The first-order chi connectivity index (χ1) is 36.5. The number of carbonyl (C=O) groups excluding carboxylic acids is 4. The molecule has 474 valence electrons. The van der Waals surface area contributed by atoms with Gasteiger partial charge >= 0.3 is 36.4 Å². The van der Waals surface area contributed by atoms with E-state index in [4.69, 9.17) is 83.9 Å². The highest BCUT2D eigenvalue weighted by molar-refractivity contribution is 7.78. The van der Waals surface area contributed by atoms with Gasteiger partial charge in [-0.25, -0.2) is 4.79 Å². The number of terminal acetylenes is 8. The molecule has 0 fully saturated rings. The summed E-state index contributed by atoms with van der Waals surface area (Å²) >= 11 is 3.43. The van der Waals surface area contributed by atoms with Gasteiger partial charge in [-0.3, -0.25) is 34.5 Å². The number of rotatable bonds is 9. The minimum Gasteiger partial charge on any atom is -0.481 e. The molecule has 1 amide bonds. The van der Waals surface area contributed by atoms with Crippen LogP contribution in [-0.4, -0.2) is 98.7 Å². The average molecular weight is 1230 g/mol. The highest BCUT2D eigenvalue weighted by atomic mass is 32.1. The van der Waals surface area contributed by atoms with E-state index in [1.165, 1.54) is 53.5 Å². The number of hydrogen-bond acceptors (Lipinski definition) is 12. The van der Waals surface area contributed by atoms with Crippen molar-refractivity contribution >= 4 is 54.0 Å². The molecule has 0 aliphatic rings. The van der Waals surface area contributed by atoms with Gasteiger partial charge in [0, 0.05) is 5.54 Å². The molecule has 0 aromatic heterocycles. The second-order valence-corrected chi connectivity index (χ2v) is 24.0. The smallest absolute Gasteiger partial charge is 0.452 e. The summed E-state index contributed by atoms with van der Waals surface area (Å²) in [5.41, 5.74) is 5.18. The van der Waals surface area contributed by atoms with Crippen molar-refractivity contribution in [2.75, 3.05) is 7.05 Å². The third-order valence-electron chi connectivity index (χ3n) is 12.8. The minimum atomic E-state index is -5.30. The molecule has 0 aromatic rings. The van der Waals surface area contributed by atoms with Crippen molar-refractivity contribution in [1.29, 1.82) is 0 Å². The highest BCUT2D eigenvalue weighted by Crippen LogP contribution is 2.46. The third kappa shape index (κ3) is 26.7. The number of halogens is 9. The van der Waals surface area contributed by atoms with E-state index in [2.05, 4.69) is 80.9 Å². The van der Waals surface area contributed by atoms with E-state index in [9.17, 15) is 73.1 Å². The van der Waals surface area contributed by atoms with Crippen LogP contribution in [0.4, 0.5) is 39.5 Å². The maximum absolute atomic E-state index is 12.5. The van der Waals surface area contributed by atoms with E-state index in [0.717, 1.165) is 27.7 Å². The molecular formula is C59H84F9N5O10S. The summed E-state index contributed by atoms with van der Waals surface area (Å²) < 4.78 is 113. The summed E-state index contributed by atoms with van der Waals surface area (Å²) in [4.78, 5) is 76.2. The zero-order valence-corrected chi connectivity index (χ0v) is 52.4. The molecule has 0 radical (unpaired) electrons. The molecule has 25 heteroatoms. The summed E-state index contributed by atoms with van der Waals surface area (Å²) in [5.74, 6) is 1.56. The number of nitrogens with one attached hydrogen (secondary N) is 1. The molecule has 12 N–H and O–H groups in total. The molecule has 0 unspecified atom stereocenters. The van der Waals surface area contributed by atoms with Gasteiger partial charge in [0.25, 0.3) is 17.3 Å². The fourth-order valence-electron chi connectivity index (χ4n) is 3.85. The maximum atomic E-state index is 12.5.